The number of hydrogen-bond donors (Lipinski definition) is 3. The van der Waals surface area contributed by atoms with Gasteiger partial charge in [-0.25, -0.2) is 0 Å². The first-order valence-electron chi connectivity index (χ1n) is 8.46. The van der Waals surface area contributed by atoms with Crippen LogP contribution in [0.1, 0.15) is 33.6 Å². The van der Waals surface area contributed by atoms with Gasteiger partial charge in [0.2, 0.25) is 6.35 Å². The summed E-state index contributed by atoms with van der Waals surface area (Å²) in [6.45, 7) is 5.65. The molecule has 4 atom stereocenters. The number of nitrogens with zero attached hydrogens (tertiary/aromatic N) is 1. The Morgan fingerprint density at radius 3 is 2.60 bits per heavy atom. The Kier molecular flexibility index (Phi) is 7.01. The van der Waals surface area contributed by atoms with Gasteiger partial charge in [-0.2, -0.15) is 0 Å². The molecule has 0 aliphatic carbocycles. The normalized spacial score (nSPS) is 30.4. The maximum atomic E-state index is 12.5. The lowest BCUT2D eigenvalue weighted by molar-refractivity contribution is -0.141. The van der Waals surface area contributed by atoms with Crippen LogP contribution >= 0.6 is 7.60 Å². The van der Waals surface area contributed by atoms with Crippen molar-refractivity contribution < 1.29 is 33.4 Å². The smallest absolute Gasteiger partial charge is 0.330 e. The SMILES string of the molecule is CCOP(=O)(CC[C@H]1O[C@@H](N2C=C(C)C(=O)NC2O)CC1O)OCC. The number of carbonyl (C=O) groups excluding carboxylic acids is 1. The van der Waals surface area contributed by atoms with Gasteiger partial charge in [-0.05, 0) is 27.2 Å². The number of carbonyl (C=O) groups is 1. The van der Waals surface area contributed by atoms with E-state index in [9.17, 15) is 19.6 Å². The maximum Gasteiger partial charge on any atom is 0.330 e. The number of nitrogens with one attached hydrogen (secondary N) is 1. The summed E-state index contributed by atoms with van der Waals surface area (Å²) in [6, 6.07) is 0. The first-order chi connectivity index (χ1) is 11.8. The Bertz CT molecular complexity index is 546. The molecule has 2 aliphatic heterocycles. The number of hydrogen-bond acceptors (Lipinski definition) is 8. The fourth-order valence-electron chi connectivity index (χ4n) is 2.90. The molecule has 2 aliphatic rings. The number of rotatable bonds is 8. The van der Waals surface area contributed by atoms with E-state index < -0.39 is 32.4 Å². The van der Waals surface area contributed by atoms with Gasteiger partial charge in [0.15, 0.2) is 0 Å². The number of ether oxygens (including phenoxy) is 1. The van der Waals surface area contributed by atoms with Crippen molar-refractivity contribution in [1.29, 1.82) is 0 Å². The molecule has 0 aromatic carbocycles. The zero-order valence-corrected chi connectivity index (χ0v) is 15.6. The van der Waals surface area contributed by atoms with E-state index in [1.54, 1.807) is 20.8 Å². The highest BCUT2D eigenvalue weighted by Crippen LogP contribution is 2.49. The Morgan fingerprint density at radius 2 is 2.00 bits per heavy atom. The molecule has 0 radical (unpaired) electrons. The van der Waals surface area contributed by atoms with E-state index in [0.717, 1.165) is 0 Å². The zero-order chi connectivity index (χ0) is 18.6. The zero-order valence-electron chi connectivity index (χ0n) is 14.8. The molecule has 0 bridgehead atoms. The first kappa shape index (κ1) is 20.4. The summed E-state index contributed by atoms with van der Waals surface area (Å²) >= 11 is 0. The van der Waals surface area contributed by atoms with Gasteiger partial charge >= 0.3 is 7.60 Å². The lowest BCUT2D eigenvalue weighted by atomic mass is 10.1. The minimum atomic E-state index is -3.20. The molecule has 2 heterocycles. The minimum Gasteiger partial charge on any atom is -0.390 e. The van der Waals surface area contributed by atoms with Crippen molar-refractivity contribution in [1.82, 2.24) is 10.2 Å². The van der Waals surface area contributed by atoms with Crippen molar-refractivity contribution >= 4 is 13.5 Å². The molecule has 144 valence electrons. The lowest BCUT2D eigenvalue weighted by Crippen LogP contribution is -2.53. The van der Waals surface area contributed by atoms with Gasteiger partial charge in [0, 0.05) is 18.2 Å². The molecule has 25 heavy (non-hydrogen) atoms. The van der Waals surface area contributed by atoms with Crippen molar-refractivity contribution in [2.24, 2.45) is 0 Å². The van der Waals surface area contributed by atoms with Crippen LogP contribution in [0.5, 0.6) is 0 Å². The van der Waals surface area contributed by atoms with E-state index in [4.69, 9.17) is 13.8 Å². The summed E-state index contributed by atoms with van der Waals surface area (Å²) < 4.78 is 28.8. The van der Waals surface area contributed by atoms with Gasteiger partial charge in [-0.3, -0.25) is 9.36 Å². The van der Waals surface area contributed by atoms with Gasteiger partial charge in [0.25, 0.3) is 5.91 Å². The maximum absolute atomic E-state index is 12.5. The number of aliphatic hydroxyl groups is 2. The average molecular weight is 378 g/mol. The Morgan fingerprint density at radius 1 is 1.36 bits per heavy atom. The molecule has 0 aromatic rings. The minimum absolute atomic E-state index is 0.136. The third-order valence-electron chi connectivity index (χ3n) is 4.12. The van der Waals surface area contributed by atoms with Crippen molar-refractivity contribution in [2.75, 3.05) is 19.4 Å². The van der Waals surface area contributed by atoms with Crippen LogP contribution in [0.15, 0.2) is 11.8 Å². The Hall–Kier alpha value is -0.960. The second kappa shape index (κ2) is 8.62. The van der Waals surface area contributed by atoms with Crippen LogP contribution in [0.3, 0.4) is 0 Å². The summed E-state index contributed by atoms with van der Waals surface area (Å²) in [5.41, 5.74) is 0.434. The summed E-state index contributed by atoms with van der Waals surface area (Å²) in [4.78, 5) is 13.0. The monoisotopic (exact) mass is 378 g/mol. The molecule has 9 nitrogen and oxygen atoms in total. The standard InChI is InChI=1S/C15H27N2O7P/c1-4-22-25(21,23-5-2)7-6-12-11(18)8-13(24-12)17-9-10(3)14(19)16-15(17)20/h9,11-13,15,18,20H,4-8H2,1-3H3,(H,16,19)/t11?,12-,13-,15?/m1/s1. The molecule has 0 spiro atoms. The molecule has 0 saturated carbocycles. The van der Waals surface area contributed by atoms with Crippen LogP contribution in [0.2, 0.25) is 0 Å². The molecule has 10 heteroatoms. The highest BCUT2D eigenvalue weighted by atomic mass is 31.2. The van der Waals surface area contributed by atoms with E-state index in [2.05, 4.69) is 5.32 Å². The quantitative estimate of drug-likeness (QED) is 0.529. The summed E-state index contributed by atoms with van der Waals surface area (Å²) in [5, 5.41) is 22.6. The van der Waals surface area contributed by atoms with E-state index in [1.807, 2.05) is 0 Å². The number of aliphatic hydroxyl groups excluding tert-OH is 2. The number of amides is 1. The van der Waals surface area contributed by atoms with Crippen molar-refractivity contribution in [3.63, 3.8) is 0 Å². The van der Waals surface area contributed by atoms with Gasteiger partial charge in [-0.15, -0.1) is 0 Å². The van der Waals surface area contributed by atoms with E-state index in [-0.39, 0.29) is 31.7 Å². The third kappa shape index (κ3) is 5.03. The Labute approximate surface area is 147 Å². The van der Waals surface area contributed by atoms with Crippen LogP contribution in [-0.2, 0) is 23.1 Å². The van der Waals surface area contributed by atoms with Gasteiger partial charge < -0.3 is 34.2 Å². The second-order valence-electron chi connectivity index (χ2n) is 6.00. The second-order valence-corrected chi connectivity index (χ2v) is 8.18. The molecule has 2 unspecified atom stereocenters. The highest BCUT2D eigenvalue weighted by molar-refractivity contribution is 7.53. The van der Waals surface area contributed by atoms with E-state index in [0.29, 0.717) is 12.0 Å². The average Bonchev–Trinajstić information content (AvgIpc) is 2.90. The Balaban J connectivity index is 1.97. The fraction of sp³-hybridized carbons (Fsp3) is 0.800. The molecule has 1 amide bonds. The van der Waals surface area contributed by atoms with Crippen LogP contribution in [0, 0.1) is 0 Å². The predicted octanol–water partition coefficient (Wildman–Crippen LogP) is 0.730. The van der Waals surface area contributed by atoms with Crippen LogP contribution in [0.25, 0.3) is 0 Å². The molecule has 2 rings (SSSR count). The van der Waals surface area contributed by atoms with E-state index >= 15 is 0 Å². The molecule has 3 N–H and O–H groups in total. The summed E-state index contributed by atoms with van der Waals surface area (Å²) in [6.07, 6.45) is -0.943. The van der Waals surface area contributed by atoms with Gasteiger partial charge in [0.1, 0.15) is 6.23 Å². The van der Waals surface area contributed by atoms with Crippen molar-refractivity contribution in [3.05, 3.63) is 11.8 Å². The highest BCUT2D eigenvalue weighted by Gasteiger charge is 2.41. The first-order valence-corrected chi connectivity index (χ1v) is 10.2. The topological polar surface area (TPSA) is 118 Å². The summed E-state index contributed by atoms with van der Waals surface area (Å²) in [5.74, 6) is -0.354. The predicted molar refractivity (Wildman–Crippen MR) is 89.4 cm³/mol. The molecule has 1 saturated heterocycles. The van der Waals surface area contributed by atoms with Crippen LogP contribution in [-0.4, -0.2) is 65.2 Å². The molecule has 1 fully saturated rings. The van der Waals surface area contributed by atoms with Gasteiger partial charge in [-0.1, -0.05) is 0 Å². The fourth-order valence-corrected chi connectivity index (χ4v) is 4.59. The molecular formula is C15H27N2O7P. The van der Waals surface area contributed by atoms with Gasteiger partial charge in [0.05, 0.1) is 31.6 Å². The summed E-state index contributed by atoms with van der Waals surface area (Å²) in [7, 11) is -3.20. The van der Waals surface area contributed by atoms with Crippen LogP contribution < -0.4 is 5.32 Å². The van der Waals surface area contributed by atoms with Crippen LogP contribution in [0.4, 0.5) is 0 Å². The van der Waals surface area contributed by atoms with Crippen molar-refractivity contribution in [2.45, 2.75) is 58.4 Å². The van der Waals surface area contributed by atoms with Crippen molar-refractivity contribution in [3.8, 4) is 0 Å². The third-order valence-corrected chi connectivity index (χ3v) is 6.23. The largest absolute Gasteiger partial charge is 0.390 e. The molecular weight excluding hydrogens is 351 g/mol. The van der Waals surface area contributed by atoms with E-state index in [1.165, 1.54) is 11.1 Å². The molecule has 0 aromatic heterocycles. The lowest BCUT2D eigenvalue weighted by Gasteiger charge is -2.35.